The third-order valence-corrected chi connectivity index (χ3v) is 7.12. The Morgan fingerprint density at radius 1 is 1.03 bits per heavy atom. The maximum absolute atomic E-state index is 13.1. The van der Waals surface area contributed by atoms with E-state index in [1.807, 2.05) is 26.0 Å². The zero-order valence-electron chi connectivity index (χ0n) is 18.2. The highest BCUT2D eigenvalue weighted by atomic mass is 35.5. The number of anilines is 2. The number of nitrogens with one attached hydrogen (secondary N) is 3. The summed E-state index contributed by atoms with van der Waals surface area (Å²) < 4.78 is 33.8. The number of aryl methyl sites for hydroxylation is 2. The zero-order chi connectivity index (χ0) is 23.8. The molecule has 0 unspecified atom stereocenters. The Morgan fingerprint density at radius 2 is 1.79 bits per heavy atom. The fourth-order valence-electron chi connectivity index (χ4n) is 3.51. The Kier molecular flexibility index (Phi) is 6.05. The molecule has 0 aliphatic rings. The first-order valence-corrected chi connectivity index (χ1v) is 11.9. The maximum Gasteiger partial charge on any atom is 0.265 e. The van der Waals surface area contributed by atoms with E-state index in [1.165, 1.54) is 19.2 Å². The van der Waals surface area contributed by atoms with Crippen LogP contribution in [0.2, 0.25) is 5.02 Å². The van der Waals surface area contributed by atoms with Crippen molar-refractivity contribution in [3.8, 4) is 5.75 Å². The van der Waals surface area contributed by atoms with Gasteiger partial charge in [-0.15, -0.1) is 0 Å². The van der Waals surface area contributed by atoms with Crippen LogP contribution in [0.25, 0.3) is 10.9 Å². The Bertz CT molecular complexity index is 1480. The molecule has 4 rings (SSSR count). The molecular weight excluding hydrogens is 462 g/mol. The first kappa shape index (κ1) is 22.7. The topological polar surface area (TPSA) is 100 Å². The van der Waals surface area contributed by atoms with Crippen LogP contribution in [0.1, 0.15) is 21.6 Å². The third kappa shape index (κ3) is 4.53. The summed E-state index contributed by atoms with van der Waals surface area (Å²) in [5.41, 5.74) is 4.06. The van der Waals surface area contributed by atoms with Gasteiger partial charge in [0.25, 0.3) is 15.9 Å². The first-order valence-electron chi connectivity index (χ1n) is 10.1. The van der Waals surface area contributed by atoms with E-state index in [0.717, 1.165) is 22.2 Å². The highest BCUT2D eigenvalue weighted by Crippen LogP contribution is 2.31. The number of halogens is 1. The number of carbonyl (C=O) groups excluding carboxylic acids is 1. The van der Waals surface area contributed by atoms with Crippen molar-refractivity contribution < 1.29 is 17.9 Å². The number of benzene rings is 3. The van der Waals surface area contributed by atoms with Gasteiger partial charge in [0.1, 0.15) is 10.6 Å². The van der Waals surface area contributed by atoms with Gasteiger partial charge in [-0.2, -0.15) is 0 Å². The molecule has 0 aliphatic heterocycles. The summed E-state index contributed by atoms with van der Waals surface area (Å²) in [6.07, 6.45) is 0. The monoisotopic (exact) mass is 483 g/mol. The molecule has 3 aromatic carbocycles. The molecule has 0 aliphatic carbocycles. The number of H-pyrrole nitrogens is 1. The van der Waals surface area contributed by atoms with Gasteiger partial charge in [-0.1, -0.05) is 23.7 Å². The Labute approximate surface area is 196 Å². The van der Waals surface area contributed by atoms with Crippen LogP contribution in [0.5, 0.6) is 5.75 Å². The van der Waals surface area contributed by atoms with Crippen LogP contribution in [0.3, 0.4) is 0 Å². The molecule has 0 saturated heterocycles. The molecule has 1 amide bonds. The summed E-state index contributed by atoms with van der Waals surface area (Å²) in [6.45, 7) is 3.97. The number of aromatic nitrogens is 1. The van der Waals surface area contributed by atoms with Crippen molar-refractivity contribution in [1.82, 2.24) is 4.98 Å². The van der Waals surface area contributed by atoms with Gasteiger partial charge in [0.05, 0.1) is 17.8 Å². The predicted molar refractivity (Wildman–Crippen MR) is 131 cm³/mol. The van der Waals surface area contributed by atoms with Crippen LogP contribution < -0.4 is 14.8 Å². The number of sulfonamides is 1. The third-order valence-electron chi connectivity index (χ3n) is 5.40. The van der Waals surface area contributed by atoms with E-state index in [0.29, 0.717) is 11.3 Å². The Hall–Kier alpha value is -3.49. The second-order valence-corrected chi connectivity index (χ2v) is 9.60. The maximum atomic E-state index is 13.1. The lowest BCUT2D eigenvalue weighted by Gasteiger charge is -2.14. The number of amides is 1. The van der Waals surface area contributed by atoms with Crippen molar-refractivity contribution in [2.24, 2.45) is 0 Å². The van der Waals surface area contributed by atoms with Crippen molar-refractivity contribution in [1.29, 1.82) is 0 Å². The molecule has 0 radical (unpaired) electrons. The summed E-state index contributed by atoms with van der Waals surface area (Å²) in [4.78, 5) is 16.0. The number of rotatable bonds is 6. The normalized spacial score (nSPS) is 11.4. The molecule has 0 atom stereocenters. The molecule has 4 aromatic rings. The van der Waals surface area contributed by atoms with Gasteiger partial charge in [0.15, 0.2) is 0 Å². The number of carbonyl (C=O) groups is 1. The Balaban J connectivity index is 1.64. The molecule has 7 nitrogen and oxygen atoms in total. The van der Waals surface area contributed by atoms with Crippen LogP contribution in [0.4, 0.5) is 11.4 Å². The van der Waals surface area contributed by atoms with E-state index in [1.54, 1.807) is 36.4 Å². The van der Waals surface area contributed by atoms with Gasteiger partial charge < -0.3 is 15.0 Å². The molecule has 3 N–H and O–H groups in total. The molecule has 9 heteroatoms. The Morgan fingerprint density at radius 3 is 2.52 bits per heavy atom. The minimum atomic E-state index is -4.05. The fraction of sp³-hybridized carbons (Fsp3) is 0.125. The van der Waals surface area contributed by atoms with E-state index in [2.05, 4.69) is 15.0 Å². The van der Waals surface area contributed by atoms with Crippen LogP contribution >= 0.6 is 11.6 Å². The van der Waals surface area contributed by atoms with Crippen LogP contribution in [0.15, 0.2) is 65.6 Å². The van der Waals surface area contributed by atoms with Crippen LogP contribution in [-0.2, 0) is 10.0 Å². The number of hydrogen-bond donors (Lipinski definition) is 3. The van der Waals surface area contributed by atoms with E-state index >= 15 is 0 Å². The molecule has 0 saturated carbocycles. The van der Waals surface area contributed by atoms with Gasteiger partial charge in [0, 0.05) is 27.8 Å². The van der Waals surface area contributed by atoms with Gasteiger partial charge in [-0.3, -0.25) is 9.52 Å². The van der Waals surface area contributed by atoms with E-state index in [9.17, 15) is 13.2 Å². The second-order valence-electron chi connectivity index (χ2n) is 7.54. The lowest BCUT2D eigenvalue weighted by Crippen LogP contribution is -2.16. The van der Waals surface area contributed by atoms with Gasteiger partial charge >= 0.3 is 0 Å². The van der Waals surface area contributed by atoms with Crippen molar-refractivity contribution in [3.05, 3.63) is 82.5 Å². The van der Waals surface area contributed by atoms with Crippen LogP contribution in [0, 0.1) is 13.8 Å². The quantitative estimate of drug-likeness (QED) is 0.337. The first-order chi connectivity index (χ1) is 15.7. The molecule has 0 spiro atoms. The van der Waals surface area contributed by atoms with Crippen molar-refractivity contribution in [2.45, 2.75) is 18.7 Å². The lowest BCUT2D eigenvalue weighted by atomic mass is 10.1. The van der Waals surface area contributed by atoms with Gasteiger partial charge in [0.2, 0.25) is 0 Å². The van der Waals surface area contributed by atoms with Crippen molar-refractivity contribution in [3.63, 3.8) is 0 Å². The average molecular weight is 484 g/mol. The van der Waals surface area contributed by atoms with Gasteiger partial charge in [-0.05, 0) is 67.9 Å². The summed E-state index contributed by atoms with van der Waals surface area (Å²) in [5.74, 6) is -0.227. The fourth-order valence-corrected chi connectivity index (χ4v) is 5.03. The van der Waals surface area contributed by atoms with E-state index in [-0.39, 0.29) is 27.3 Å². The molecule has 170 valence electrons. The highest BCUT2D eigenvalue weighted by Gasteiger charge is 2.22. The van der Waals surface area contributed by atoms with Crippen LogP contribution in [-0.4, -0.2) is 26.4 Å². The number of aromatic amines is 1. The standard InChI is InChI=1S/C24H22ClN3O4S/c1-14-15(2)26-20-10-8-16(12-18(14)20)24(29)27-17-9-11-22(32-3)23(13-17)33(30,31)28-21-7-5-4-6-19(21)25/h4-13,26,28H,1-3H3,(H,27,29). The van der Waals surface area contributed by atoms with Gasteiger partial charge in [-0.25, -0.2) is 8.42 Å². The van der Waals surface area contributed by atoms with Crippen molar-refractivity contribution in [2.75, 3.05) is 17.1 Å². The highest BCUT2D eigenvalue weighted by molar-refractivity contribution is 7.92. The second kappa shape index (κ2) is 8.80. The molecule has 0 fully saturated rings. The average Bonchev–Trinajstić information content (AvgIpc) is 3.08. The summed E-state index contributed by atoms with van der Waals surface area (Å²) in [6, 6.07) is 16.3. The van der Waals surface area contributed by atoms with E-state index < -0.39 is 10.0 Å². The SMILES string of the molecule is COc1ccc(NC(=O)c2ccc3[nH]c(C)c(C)c3c2)cc1S(=O)(=O)Nc1ccccc1Cl. The number of ether oxygens (including phenoxy) is 1. The number of para-hydroxylation sites is 1. The molecular formula is C24H22ClN3O4S. The predicted octanol–water partition coefficient (Wildman–Crippen LogP) is 5.50. The molecule has 33 heavy (non-hydrogen) atoms. The minimum absolute atomic E-state index is 0.129. The number of methoxy groups -OCH3 is 1. The van der Waals surface area contributed by atoms with E-state index in [4.69, 9.17) is 16.3 Å². The summed E-state index contributed by atoms with van der Waals surface area (Å²) in [5, 5.41) is 3.98. The summed E-state index contributed by atoms with van der Waals surface area (Å²) >= 11 is 6.10. The lowest BCUT2D eigenvalue weighted by molar-refractivity contribution is 0.102. The molecule has 1 heterocycles. The summed E-state index contributed by atoms with van der Waals surface area (Å²) in [7, 11) is -2.67. The molecule has 1 aromatic heterocycles. The number of fused-ring (bicyclic) bond motifs is 1. The largest absolute Gasteiger partial charge is 0.495 e. The van der Waals surface area contributed by atoms with Crippen molar-refractivity contribution >= 4 is 49.8 Å². The molecule has 0 bridgehead atoms. The zero-order valence-corrected chi connectivity index (χ0v) is 19.8. The minimum Gasteiger partial charge on any atom is -0.495 e. The smallest absolute Gasteiger partial charge is 0.265 e. The number of hydrogen-bond acceptors (Lipinski definition) is 4.